The lowest BCUT2D eigenvalue weighted by molar-refractivity contribution is -0.242. The molecule has 2 rings (SSSR count). The highest BCUT2D eigenvalue weighted by atomic mass is 16.7. The van der Waals surface area contributed by atoms with Crippen molar-refractivity contribution in [2.24, 2.45) is 5.90 Å². The molecule has 1 saturated heterocycles. The van der Waals surface area contributed by atoms with Crippen molar-refractivity contribution < 1.29 is 106 Å². The topological polar surface area (TPSA) is 305 Å². The van der Waals surface area contributed by atoms with Gasteiger partial charge in [0.15, 0.2) is 0 Å². The molecule has 0 saturated carbocycles. The van der Waals surface area contributed by atoms with E-state index in [9.17, 15) is 24.9 Å². The van der Waals surface area contributed by atoms with Gasteiger partial charge in [0.25, 0.3) is 5.91 Å². The summed E-state index contributed by atoms with van der Waals surface area (Å²) in [5.74, 6) is 3.94. The normalized spacial score (nSPS) is 17.0. The van der Waals surface area contributed by atoms with E-state index in [0.717, 1.165) is 0 Å². The molecule has 1 aromatic carbocycles. The van der Waals surface area contributed by atoms with E-state index in [4.69, 9.17) is 81.8 Å². The maximum atomic E-state index is 13.1. The molecule has 64 heavy (non-hydrogen) atoms. The van der Waals surface area contributed by atoms with Crippen molar-refractivity contribution in [2.75, 3.05) is 165 Å². The van der Waals surface area contributed by atoms with Crippen molar-refractivity contribution in [1.29, 1.82) is 0 Å². The molecule has 4 atom stereocenters. The number of carbonyl (C=O) groups is 2. The Morgan fingerprint density at radius 3 is 1.38 bits per heavy atom. The zero-order valence-corrected chi connectivity index (χ0v) is 36.6. The van der Waals surface area contributed by atoms with Gasteiger partial charge in [0.2, 0.25) is 6.29 Å². The van der Waals surface area contributed by atoms with Gasteiger partial charge >= 0.3 is 12.1 Å². The molecule has 1 heterocycles. The first-order valence-electron chi connectivity index (χ1n) is 20.8. The van der Waals surface area contributed by atoms with E-state index in [1.54, 1.807) is 6.07 Å². The molecule has 1 aliphatic rings. The Labute approximate surface area is 372 Å². The summed E-state index contributed by atoms with van der Waals surface area (Å²) in [5.41, 5.74) is 0.598. The first-order chi connectivity index (χ1) is 31.2. The summed E-state index contributed by atoms with van der Waals surface area (Å²) < 4.78 is 75.9. The molecule has 6 N–H and O–H groups in total. The largest absolute Gasteiger partial charge is 0.461 e. The van der Waals surface area contributed by atoms with Crippen LogP contribution in [0, 0.1) is 0 Å². The van der Waals surface area contributed by atoms with Crippen molar-refractivity contribution in [2.45, 2.75) is 38.1 Å². The Morgan fingerprint density at radius 1 is 0.625 bits per heavy atom. The molecule has 24 heteroatoms. The number of amides is 1. The van der Waals surface area contributed by atoms with Gasteiger partial charge in [-0.15, -0.1) is 0 Å². The van der Waals surface area contributed by atoms with Gasteiger partial charge in [-0.1, -0.05) is 6.07 Å². The van der Waals surface area contributed by atoms with Crippen LogP contribution in [0.2, 0.25) is 0 Å². The molecule has 1 fully saturated rings. The van der Waals surface area contributed by atoms with Gasteiger partial charge in [-0.25, -0.2) is 5.90 Å². The van der Waals surface area contributed by atoms with Crippen molar-refractivity contribution in [3.05, 3.63) is 29.3 Å². The van der Waals surface area contributed by atoms with Crippen LogP contribution in [0.5, 0.6) is 5.75 Å². The lowest BCUT2D eigenvalue weighted by Gasteiger charge is -2.35. The van der Waals surface area contributed by atoms with Gasteiger partial charge < -0.3 is 91.8 Å². The molecule has 1 amide bonds. The summed E-state index contributed by atoms with van der Waals surface area (Å²) in [6.07, 6.45) is -5.41. The van der Waals surface area contributed by atoms with Crippen LogP contribution < -0.4 is 16.0 Å². The van der Waals surface area contributed by atoms with E-state index in [1.165, 1.54) is 19.1 Å². The summed E-state index contributed by atoms with van der Waals surface area (Å²) in [6.45, 7) is 10.9. The minimum absolute atomic E-state index is 0.0521. The fourth-order valence-electron chi connectivity index (χ4n) is 4.88. The highest BCUT2D eigenvalue weighted by molar-refractivity contribution is 5.97. The van der Waals surface area contributed by atoms with Gasteiger partial charge in [0.05, 0.1) is 164 Å². The Bertz CT molecular complexity index is 1310. The molecule has 370 valence electrons. The minimum atomic E-state index is -1.56. The van der Waals surface area contributed by atoms with Crippen molar-refractivity contribution in [3.8, 4) is 5.75 Å². The third-order valence-electron chi connectivity index (χ3n) is 8.03. The molecule has 1 aromatic rings. The predicted molar refractivity (Wildman–Crippen MR) is 217 cm³/mol. The maximum absolute atomic E-state index is 13.1. The van der Waals surface area contributed by atoms with Crippen LogP contribution in [0.4, 0.5) is 0 Å². The van der Waals surface area contributed by atoms with Crippen LogP contribution in [0.1, 0.15) is 22.8 Å². The van der Waals surface area contributed by atoms with Gasteiger partial charge in [0, 0.05) is 13.5 Å². The number of aliphatic hydroxyl groups excluding tert-OH is 3. The second kappa shape index (κ2) is 42.3. The SMILES string of the molecule is CC(=O)OCc1ccc(O[C@@H]2OC[C@@H](O)[C@H](O)[C@H]2O)c(C(=O)NCCOCCOCCOCCOCCOCCOCCOCCOCCOCCOCCOCCON)c1.O=C=O. The average Bonchev–Trinajstić information content (AvgIpc) is 3.28. The monoisotopic (exact) mass is 928 g/mol. The minimum Gasteiger partial charge on any atom is -0.461 e. The van der Waals surface area contributed by atoms with E-state index in [2.05, 4.69) is 10.2 Å². The molecular formula is C40H68N2O22. The molecule has 0 aromatic heterocycles. The molecule has 0 spiro atoms. The highest BCUT2D eigenvalue weighted by Gasteiger charge is 2.39. The molecule has 1 aliphatic heterocycles. The van der Waals surface area contributed by atoms with Crippen molar-refractivity contribution >= 4 is 18.0 Å². The summed E-state index contributed by atoms with van der Waals surface area (Å²) in [6, 6.07) is 4.52. The van der Waals surface area contributed by atoms with Crippen LogP contribution in [0.3, 0.4) is 0 Å². The number of esters is 1. The fourth-order valence-corrected chi connectivity index (χ4v) is 4.88. The van der Waals surface area contributed by atoms with Crippen molar-refractivity contribution in [1.82, 2.24) is 5.32 Å². The van der Waals surface area contributed by atoms with E-state index in [1.807, 2.05) is 0 Å². The number of hydrogen-bond acceptors (Lipinski definition) is 23. The number of ether oxygens (including phenoxy) is 14. The van der Waals surface area contributed by atoms with E-state index >= 15 is 0 Å². The molecular weight excluding hydrogens is 860 g/mol. The first-order valence-corrected chi connectivity index (χ1v) is 20.8. The lowest BCUT2D eigenvalue weighted by atomic mass is 10.1. The van der Waals surface area contributed by atoms with Crippen LogP contribution in [0.25, 0.3) is 0 Å². The van der Waals surface area contributed by atoms with Gasteiger partial charge in [-0.05, 0) is 17.7 Å². The predicted octanol–water partition coefficient (Wildman–Crippen LogP) is -2.21. The van der Waals surface area contributed by atoms with Crippen LogP contribution in [-0.4, -0.2) is 223 Å². The van der Waals surface area contributed by atoms with Crippen LogP contribution in [-0.2, 0) is 87.4 Å². The van der Waals surface area contributed by atoms with Gasteiger partial charge in [0.1, 0.15) is 30.7 Å². The van der Waals surface area contributed by atoms with E-state index < -0.39 is 36.5 Å². The molecule has 0 aliphatic carbocycles. The van der Waals surface area contributed by atoms with Gasteiger partial charge in [-0.2, -0.15) is 9.59 Å². The number of aliphatic hydroxyl groups is 3. The standard InChI is InChI=1S/C39H68N2O20.CO2/c1-31(42)58-29-32-2-3-35(61-39-37(45)36(44)34(43)30-59-39)33(28-32)38(46)41-4-5-47-6-7-48-8-9-49-10-11-50-12-13-51-14-15-52-16-17-53-18-19-54-20-21-55-22-23-56-24-25-57-26-27-60-40;2-1-3/h2-3,28,34,36-37,39,43-45H,4-27,29-30,40H2,1H3,(H,41,46);/t34-,36+,37-,39+;/m1./s1. The highest BCUT2D eigenvalue weighted by Crippen LogP contribution is 2.26. The average molecular weight is 929 g/mol. The number of nitrogens with two attached hydrogens (primary N) is 1. The first kappa shape index (κ1) is 58.7. The van der Waals surface area contributed by atoms with Gasteiger partial charge in [-0.3, -0.25) is 9.59 Å². The van der Waals surface area contributed by atoms with Crippen LogP contribution >= 0.6 is 0 Å². The summed E-state index contributed by atoms with van der Waals surface area (Å²) in [4.78, 5) is 45.0. The molecule has 24 nitrogen and oxygen atoms in total. The Balaban J connectivity index is 0.00000662. The second-order valence-corrected chi connectivity index (χ2v) is 12.9. The lowest BCUT2D eigenvalue weighted by Crippen LogP contribution is -2.54. The number of rotatable bonds is 41. The van der Waals surface area contributed by atoms with E-state index in [0.29, 0.717) is 151 Å². The third kappa shape index (κ3) is 32.3. The zero-order valence-electron chi connectivity index (χ0n) is 36.6. The summed E-state index contributed by atoms with van der Waals surface area (Å²) in [5, 5.41) is 32.7. The number of hydrogen-bond donors (Lipinski definition) is 5. The van der Waals surface area contributed by atoms with E-state index in [-0.39, 0.29) is 43.8 Å². The number of benzene rings is 1. The Kier molecular flexibility index (Phi) is 38.8. The number of nitrogens with one attached hydrogen (secondary N) is 1. The zero-order chi connectivity index (χ0) is 46.7. The maximum Gasteiger partial charge on any atom is 0.373 e. The second-order valence-electron chi connectivity index (χ2n) is 12.9. The summed E-state index contributed by atoms with van der Waals surface area (Å²) in [7, 11) is 0. The quantitative estimate of drug-likeness (QED) is 0.0264. The Morgan fingerprint density at radius 2 is 1.00 bits per heavy atom. The molecule has 0 bridgehead atoms. The Hall–Kier alpha value is -3.34. The van der Waals surface area contributed by atoms with Crippen molar-refractivity contribution in [3.63, 3.8) is 0 Å². The fraction of sp³-hybridized carbons (Fsp3) is 0.775. The number of carbonyl (C=O) groups excluding carboxylic acids is 4. The molecule has 0 radical (unpaired) electrons. The summed E-state index contributed by atoms with van der Waals surface area (Å²) >= 11 is 0. The third-order valence-corrected chi connectivity index (χ3v) is 8.03. The smallest absolute Gasteiger partial charge is 0.373 e. The molecule has 0 unspecified atom stereocenters. The van der Waals surface area contributed by atoms with Crippen LogP contribution in [0.15, 0.2) is 18.2 Å².